The smallest absolute Gasteiger partial charge is 0.263 e. The molecular weight excluding hydrogens is 470 g/mol. The summed E-state index contributed by atoms with van der Waals surface area (Å²) in [5, 5.41) is 2.63. The number of hydrogen-bond acceptors (Lipinski definition) is 5. The number of carbonyl (C=O) groups excluding carboxylic acids is 1. The van der Waals surface area contributed by atoms with Crippen LogP contribution in [0, 0.1) is 0 Å². The molecule has 0 bridgehead atoms. The first-order valence-corrected chi connectivity index (χ1v) is 11.4. The Morgan fingerprint density at radius 3 is 2.59 bits per heavy atom. The van der Waals surface area contributed by atoms with E-state index in [2.05, 4.69) is 41.2 Å². The number of hydrogen-bond donors (Lipinski definition) is 1. The fraction of sp³-hybridized carbons (Fsp3) is 0.273. The van der Waals surface area contributed by atoms with Gasteiger partial charge < -0.3 is 14.8 Å². The molecule has 0 aromatic heterocycles. The monoisotopic (exact) mass is 491 g/mol. The van der Waals surface area contributed by atoms with E-state index >= 15 is 0 Å². The Labute approximate surface area is 189 Å². The van der Waals surface area contributed by atoms with Crippen molar-refractivity contribution in [1.82, 2.24) is 5.32 Å². The lowest BCUT2D eigenvalue weighted by Gasteiger charge is -2.16. The van der Waals surface area contributed by atoms with Crippen molar-refractivity contribution in [1.29, 1.82) is 0 Å². The highest BCUT2D eigenvalue weighted by atomic mass is 79.9. The molecule has 1 saturated heterocycles. The molecule has 29 heavy (non-hydrogen) atoms. The second-order valence-corrected chi connectivity index (χ2v) is 9.21. The molecule has 1 atom stereocenters. The van der Waals surface area contributed by atoms with Crippen LogP contribution < -0.4 is 14.8 Å². The molecule has 4 nitrogen and oxygen atoms in total. The average Bonchev–Trinajstić information content (AvgIpc) is 3.03. The zero-order valence-electron chi connectivity index (χ0n) is 16.2. The van der Waals surface area contributed by atoms with Crippen LogP contribution in [0.2, 0.25) is 0 Å². The first kappa shape index (κ1) is 21.9. The van der Waals surface area contributed by atoms with Gasteiger partial charge in [-0.25, -0.2) is 0 Å². The van der Waals surface area contributed by atoms with E-state index in [0.717, 1.165) is 22.2 Å². The Bertz CT molecular complexity index is 945. The molecule has 0 radical (unpaired) electrons. The maximum absolute atomic E-state index is 12.0. The number of rotatable bonds is 8. The first-order valence-electron chi connectivity index (χ1n) is 9.37. The summed E-state index contributed by atoms with van der Waals surface area (Å²) in [5.41, 5.74) is 2.02. The molecule has 1 aliphatic heterocycles. The molecule has 152 valence electrons. The van der Waals surface area contributed by atoms with E-state index in [1.807, 2.05) is 36.4 Å². The van der Waals surface area contributed by atoms with Gasteiger partial charge in [-0.05, 0) is 48.2 Å². The molecule has 0 aliphatic carbocycles. The summed E-state index contributed by atoms with van der Waals surface area (Å²) in [4.78, 5) is 12.5. The van der Waals surface area contributed by atoms with Crippen molar-refractivity contribution in [2.45, 2.75) is 26.2 Å². The highest BCUT2D eigenvalue weighted by Gasteiger charge is 2.22. The van der Waals surface area contributed by atoms with E-state index in [9.17, 15) is 4.79 Å². The molecule has 7 heteroatoms. The Hall–Kier alpha value is -1.83. The van der Waals surface area contributed by atoms with Crippen molar-refractivity contribution in [2.75, 3.05) is 13.2 Å². The van der Waals surface area contributed by atoms with Gasteiger partial charge in [-0.1, -0.05) is 72.0 Å². The van der Waals surface area contributed by atoms with E-state index in [0.29, 0.717) is 34.1 Å². The van der Waals surface area contributed by atoms with Gasteiger partial charge in [0.2, 0.25) is 0 Å². The highest BCUT2D eigenvalue weighted by molar-refractivity contribution is 9.10. The lowest BCUT2D eigenvalue weighted by molar-refractivity contribution is -0.115. The number of ether oxygens (including phenoxy) is 2. The Kier molecular flexibility index (Phi) is 7.75. The summed E-state index contributed by atoms with van der Waals surface area (Å²) in [7, 11) is 0. The van der Waals surface area contributed by atoms with Crippen molar-refractivity contribution in [3.63, 3.8) is 0 Å². The number of halogens is 1. The average molecular weight is 492 g/mol. The van der Waals surface area contributed by atoms with Crippen molar-refractivity contribution in [2.24, 2.45) is 0 Å². The van der Waals surface area contributed by atoms with Gasteiger partial charge in [0.1, 0.15) is 29.0 Å². The van der Waals surface area contributed by atoms with Gasteiger partial charge in [0.25, 0.3) is 5.91 Å². The Morgan fingerprint density at radius 1 is 1.17 bits per heavy atom. The number of benzene rings is 2. The van der Waals surface area contributed by atoms with Gasteiger partial charge in [0.15, 0.2) is 0 Å². The third kappa shape index (κ3) is 5.84. The van der Waals surface area contributed by atoms with Crippen LogP contribution in [-0.2, 0) is 4.79 Å². The van der Waals surface area contributed by atoms with Gasteiger partial charge in [-0.3, -0.25) is 4.79 Å². The quantitative estimate of drug-likeness (QED) is 0.282. The molecule has 0 spiro atoms. The van der Waals surface area contributed by atoms with E-state index in [1.54, 1.807) is 6.08 Å². The number of para-hydroxylation sites is 1. The normalized spacial score (nSPS) is 16.0. The maximum Gasteiger partial charge on any atom is 0.263 e. The van der Waals surface area contributed by atoms with Crippen LogP contribution in [0.1, 0.15) is 37.3 Å². The predicted octanol–water partition coefficient (Wildman–Crippen LogP) is 5.91. The van der Waals surface area contributed by atoms with E-state index < -0.39 is 0 Å². The summed E-state index contributed by atoms with van der Waals surface area (Å²) in [6.45, 7) is 5.19. The highest BCUT2D eigenvalue weighted by Crippen LogP contribution is 2.31. The molecule has 0 unspecified atom stereocenters. The topological polar surface area (TPSA) is 47.6 Å². The number of carbonyl (C=O) groups is 1. The third-order valence-electron chi connectivity index (χ3n) is 4.56. The van der Waals surface area contributed by atoms with Gasteiger partial charge in [-0.2, -0.15) is 0 Å². The molecule has 1 amide bonds. The van der Waals surface area contributed by atoms with E-state index in [1.165, 1.54) is 17.3 Å². The third-order valence-corrected chi connectivity index (χ3v) is 6.22. The second-order valence-electron chi connectivity index (χ2n) is 6.58. The fourth-order valence-corrected chi connectivity index (χ4v) is 4.28. The zero-order valence-corrected chi connectivity index (χ0v) is 19.5. The van der Waals surface area contributed by atoms with Crippen molar-refractivity contribution < 1.29 is 14.3 Å². The van der Waals surface area contributed by atoms with Crippen LogP contribution in [0.3, 0.4) is 0 Å². The Balaban J connectivity index is 1.66. The van der Waals surface area contributed by atoms with Crippen molar-refractivity contribution in [3.05, 3.63) is 63.0 Å². The summed E-state index contributed by atoms with van der Waals surface area (Å²) >= 11 is 9.77. The molecule has 1 heterocycles. The largest absolute Gasteiger partial charge is 0.490 e. The van der Waals surface area contributed by atoms with Crippen LogP contribution in [0.15, 0.2) is 51.8 Å². The van der Waals surface area contributed by atoms with Crippen LogP contribution in [0.5, 0.6) is 11.5 Å². The standard InChI is InChI=1S/C22H22BrNO3S2/c1-3-14(2)17-6-4-5-7-19(17)27-11-10-26-18-9-8-16(23)12-15(18)13-20-21(25)24-22(28)29-20/h4-9,12-14H,3,10-11H2,1-2H3,(H,24,25,28)/b20-13-/t14-/m0/s1. The van der Waals surface area contributed by atoms with E-state index in [-0.39, 0.29) is 5.91 Å². The summed E-state index contributed by atoms with van der Waals surface area (Å²) in [5.74, 6) is 1.84. The molecule has 1 aliphatic rings. The Morgan fingerprint density at radius 2 is 1.90 bits per heavy atom. The second kappa shape index (κ2) is 10.3. The van der Waals surface area contributed by atoms with Crippen LogP contribution in [0.25, 0.3) is 6.08 Å². The molecular formula is C22H22BrNO3S2. The SMILES string of the molecule is CC[C@H](C)c1ccccc1OCCOc1ccc(Br)cc1/C=C1\SC(=S)NC1=O. The lowest BCUT2D eigenvalue weighted by Crippen LogP contribution is -2.17. The van der Waals surface area contributed by atoms with Crippen molar-refractivity contribution in [3.8, 4) is 11.5 Å². The molecule has 2 aromatic rings. The molecule has 1 N–H and O–H groups in total. The summed E-state index contributed by atoms with van der Waals surface area (Å²) < 4.78 is 13.3. The number of nitrogens with one attached hydrogen (secondary N) is 1. The fourth-order valence-electron chi connectivity index (χ4n) is 2.87. The molecule has 1 fully saturated rings. The van der Waals surface area contributed by atoms with Gasteiger partial charge in [-0.15, -0.1) is 0 Å². The molecule has 0 saturated carbocycles. The van der Waals surface area contributed by atoms with Crippen LogP contribution >= 0.6 is 39.9 Å². The predicted molar refractivity (Wildman–Crippen MR) is 127 cm³/mol. The maximum atomic E-state index is 12.0. The van der Waals surface area contributed by atoms with Crippen LogP contribution in [-0.4, -0.2) is 23.4 Å². The van der Waals surface area contributed by atoms with Gasteiger partial charge in [0.05, 0.1) is 4.91 Å². The first-order chi connectivity index (χ1) is 14.0. The van der Waals surface area contributed by atoms with Crippen LogP contribution in [0.4, 0.5) is 0 Å². The van der Waals surface area contributed by atoms with Gasteiger partial charge >= 0.3 is 0 Å². The lowest BCUT2D eigenvalue weighted by atomic mass is 9.98. The van der Waals surface area contributed by atoms with Crippen molar-refractivity contribution >= 4 is 56.2 Å². The summed E-state index contributed by atoms with van der Waals surface area (Å²) in [6, 6.07) is 13.8. The van der Waals surface area contributed by atoms with Gasteiger partial charge in [0, 0.05) is 10.0 Å². The minimum atomic E-state index is -0.184. The molecule has 3 rings (SSSR count). The number of thiocarbonyl (C=S) groups is 1. The van der Waals surface area contributed by atoms with E-state index in [4.69, 9.17) is 21.7 Å². The number of amides is 1. The number of thioether (sulfide) groups is 1. The summed E-state index contributed by atoms with van der Waals surface area (Å²) in [6.07, 6.45) is 2.85. The minimum Gasteiger partial charge on any atom is -0.490 e. The minimum absolute atomic E-state index is 0.184. The zero-order chi connectivity index (χ0) is 20.8. The molecule has 2 aromatic carbocycles.